The number of nitrogens with one attached hydrogen (secondary N) is 1. The van der Waals surface area contributed by atoms with E-state index in [2.05, 4.69) is 4.72 Å². The van der Waals surface area contributed by atoms with Crippen molar-refractivity contribution in [2.45, 2.75) is 48.3 Å². The molecule has 1 aliphatic carbocycles. The van der Waals surface area contributed by atoms with Gasteiger partial charge in [-0.25, -0.2) is 25.2 Å². The summed E-state index contributed by atoms with van der Waals surface area (Å²) >= 11 is 0. The number of rotatable bonds is 7. The Balaban J connectivity index is 1.79. The Morgan fingerprint density at radius 2 is 1.82 bits per heavy atom. The molecule has 1 aliphatic rings. The molecule has 8 nitrogen and oxygen atoms in total. The normalized spacial score (nSPS) is 16.1. The molecule has 14 heteroatoms. The summed E-state index contributed by atoms with van der Waals surface area (Å²) in [6.07, 6.45) is -5.12. The molecule has 1 heterocycles. The van der Waals surface area contributed by atoms with Gasteiger partial charge in [0.25, 0.3) is 20.0 Å². The Bertz CT molecular complexity index is 1620. The number of nitrogens with zero attached hydrogens (tertiary/aromatic N) is 2. The second-order valence-electron chi connectivity index (χ2n) is 8.74. The van der Waals surface area contributed by atoms with Gasteiger partial charge in [-0.05, 0) is 55.7 Å². The summed E-state index contributed by atoms with van der Waals surface area (Å²) in [7, 11) is -8.91. The van der Waals surface area contributed by atoms with Crippen LogP contribution in [-0.4, -0.2) is 39.7 Å². The van der Waals surface area contributed by atoms with Crippen LogP contribution in [0.5, 0.6) is 0 Å². The number of halogens is 4. The number of ether oxygens (including phenoxy) is 1. The molecule has 0 amide bonds. The SMILES string of the molecule is Cc1ccc(S(=O)(=O)n2cc(S(=O)(=O)Nc3ccc(C#N)cc3F)c3c2CC(OCC(F)(F)F)CC3)cc1. The molecule has 0 fully saturated rings. The van der Waals surface area contributed by atoms with Gasteiger partial charge in [-0.3, -0.25) is 4.72 Å². The van der Waals surface area contributed by atoms with E-state index >= 15 is 0 Å². The summed E-state index contributed by atoms with van der Waals surface area (Å²) in [5, 5.41) is 8.90. The number of anilines is 1. The van der Waals surface area contributed by atoms with E-state index in [0.29, 0.717) is 0 Å². The lowest BCUT2D eigenvalue weighted by Crippen LogP contribution is -2.30. The van der Waals surface area contributed by atoms with E-state index < -0.39 is 55.3 Å². The maximum atomic E-state index is 14.4. The molecule has 202 valence electrons. The van der Waals surface area contributed by atoms with Crippen molar-refractivity contribution >= 4 is 25.7 Å². The van der Waals surface area contributed by atoms with Crippen molar-refractivity contribution in [3.63, 3.8) is 0 Å². The molecule has 0 saturated carbocycles. The van der Waals surface area contributed by atoms with Crippen LogP contribution in [0.15, 0.2) is 58.5 Å². The highest BCUT2D eigenvalue weighted by Crippen LogP contribution is 2.35. The van der Waals surface area contributed by atoms with Gasteiger partial charge < -0.3 is 4.74 Å². The minimum Gasteiger partial charge on any atom is -0.368 e. The van der Waals surface area contributed by atoms with Gasteiger partial charge in [0.2, 0.25) is 0 Å². The van der Waals surface area contributed by atoms with Crippen molar-refractivity contribution in [2.24, 2.45) is 0 Å². The fourth-order valence-electron chi connectivity index (χ4n) is 4.13. The van der Waals surface area contributed by atoms with Crippen LogP contribution in [0.3, 0.4) is 0 Å². The lowest BCUT2D eigenvalue weighted by Gasteiger charge is -2.25. The van der Waals surface area contributed by atoms with E-state index in [1.165, 1.54) is 18.2 Å². The van der Waals surface area contributed by atoms with Crippen molar-refractivity contribution in [3.8, 4) is 6.07 Å². The molecule has 0 bridgehead atoms. The van der Waals surface area contributed by atoms with Crippen LogP contribution in [0.4, 0.5) is 23.2 Å². The smallest absolute Gasteiger partial charge is 0.368 e. The van der Waals surface area contributed by atoms with Gasteiger partial charge in [-0.1, -0.05) is 17.7 Å². The van der Waals surface area contributed by atoms with E-state index in [0.717, 1.165) is 27.9 Å². The lowest BCUT2D eigenvalue weighted by molar-refractivity contribution is -0.186. The van der Waals surface area contributed by atoms with E-state index in [1.54, 1.807) is 25.1 Å². The number of benzene rings is 2. The monoisotopic (exact) mass is 571 g/mol. The minimum atomic E-state index is -4.60. The Morgan fingerprint density at radius 3 is 2.42 bits per heavy atom. The Labute approximate surface area is 216 Å². The third-order valence-corrected chi connectivity index (χ3v) is 9.11. The Kier molecular flexibility index (Phi) is 7.30. The molecular formula is C24H21F4N3O5S2. The number of sulfonamides is 1. The fraction of sp³-hybridized carbons (Fsp3) is 0.292. The van der Waals surface area contributed by atoms with Gasteiger partial charge in [0.05, 0.1) is 28.3 Å². The van der Waals surface area contributed by atoms with Crippen molar-refractivity contribution in [1.29, 1.82) is 5.26 Å². The highest BCUT2D eigenvalue weighted by atomic mass is 32.2. The number of alkyl halides is 3. The molecule has 0 saturated heterocycles. The van der Waals surface area contributed by atoms with Gasteiger partial charge in [0.1, 0.15) is 17.3 Å². The first-order valence-electron chi connectivity index (χ1n) is 11.2. The van der Waals surface area contributed by atoms with Gasteiger partial charge in [0, 0.05) is 18.3 Å². The molecule has 0 aliphatic heterocycles. The predicted octanol–water partition coefficient (Wildman–Crippen LogP) is 4.28. The molecule has 2 aromatic carbocycles. The molecule has 0 radical (unpaired) electrons. The Morgan fingerprint density at radius 1 is 1.13 bits per heavy atom. The van der Waals surface area contributed by atoms with Gasteiger partial charge in [-0.15, -0.1) is 0 Å². The van der Waals surface area contributed by atoms with Crippen LogP contribution in [0.25, 0.3) is 0 Å². The fourth-order valence-corrected chi connectivity index (χ4v) is 6.98. The molecule has 1 atom stereocenters. The van der Waals surface area contributed by atoms with E-state index in [1.807, 2.05) is 0 Å². The molecule has 3 aromatic rings. The summed E-state index contributed by atoms with van der Waals surface area (Å²) in [4.78, 5) is -0.615. The number of nitriles is 1. The highest BCUT2D eigenvalue weighted by Gasteiger charge is 2.36. The summed E-state index contributed by atoms with van der Waals surface area (Å²) < 4.78 is 114. The van der Waals surface area contributed by atoms with Crippen LogP contribution < -0.4 is 4.72 Å². The molecule has 38 heavy (non-hydrogen) atoms. The van der Waals surface area contributed by atoms with Crippen LogP contribution in [-0.2, 0) is 37.6 Å². The maximum absolute atomic E-state index is 14.4. The van der Waals surface area contributed by atoms with Crippen molar-refractivity contribution in [3.05, 3.63) is 76.9 Å². The second-order valence-corrected chi connectivity index (χ2v) is 12.2. The molecule has 1 aromatic heterocycles. The number of fused-ring (bicyclic) bond motifs is 1. The molecule has 1 unspecified atom stereocenters. The average molecular weight is 572 g/mol. The first-order valence-corrected chi connectivity index (χ1v) is 14.1. The number of hydrogen-bond acceptors (Lipinski definition) is 6. The topological polar surface area (TPSA) is 118 Å². The maximum Gasteiger partial charge on any atom is 0.411 e. The standard InChI is InChI=1S/C24H21F4N3O5S2/c1-15-2-6-18(7-3-15)38(34,35)31-13-23(19-8-5-17(11-22(19)31)36-14-24(26,27)28)37(32,33)30-21-9-4-16(12-29)10-20(21)25/h2-4,6-7,9-10,13,17,30H,5,8,11,14H2,1H3. The van der Waals surface area contributed by atoms with Crippen LogP contribution in [0, 0.1) is 24.1 Å². The molecular weight excluding hydrogens is 550 g/mol. The average Bonchev–Trinajstić information content (AvgIpc) is 3.24. The zero-order valence-corrected chi connectivity index (χ0v) is 21.4. The van der Waals surface area contributed by atoms with Gasteiger partial charge >= 0.3 is 6.18 Å². The first kappa shape index (κ1) is 27.6. The van der Waals surface area contributed by atoms with Gasteiger partial charge in [0.15, 0.2) is 0 Å². The van der Waals surface area contributed by atoms with E-state index in [9.17, 15) is 34.4 Å². The molecule has 4 rings (SSSR count). The zero-order valence-electron chi connectivity index (χ0n) is 19.8. The summed E-state index contributed by atoms with van der Waals surface area (Å²) in [5.41, 5.74) is 0.312. The summed E-state index contributed by atoms with van der Waals surface area (Å²) in [5.74, 6) is -1.02. The van der Waals surface area contributed by atoms with E-state index in [-0.39, 0.29) is 41.0 Å². The summed E-state index contributed by atoms with van der Waals surface area (Å²) in [6.45, 7) is 0.207. The van der Waals surface area contributed by atoms with E-state index in [4.69, 9.17) is 10.00 Å². The summed E-state index contributed by atoms with van der Waals surface area (Å²) in [6, 6.07) is 10.6. The van der Waals surface area contributed by atoms with Crippen LogP contribution in [0.1, 0.15) is 28.8 Å². The third kappa shape index (κ3) is 5.69. The minimum absolute atomic E-state index is 0.00538. The third-order valence-electron chi connectivity index (χ3n) is 5.98. The molecule has 1 N–H and O–H groups in total. The zero-order chi connectivity index (χ0) is 27.9. The van der Waals surface area contributed by atoms with Crippen LogP contribution in [0.2, 0.25) is 0 Å². The van der Waals surface area contributed by atoms with Crippen molar-refractivity contribution in [2.75, 3.05) is 11.3 Å². The highest BCUT2D eigenvalue weighted by molar-refractivity contribution is 7.93. The van der Waals surface area contributed by atoms with Crippen molar-refractivity contribution in [1.82, 2.24) is 3.97 Å². The number of hydrogen-bond donors (Lipinski definition) is 1. The largest absolute Gasteiger partial charge is 0.411 e. The second kappa shape index (κ2) is 10.0. The number of aryl methyl sites for hydroxylation is 1. The number of aromatic nitrogens is 1. The molecule has 0 spiro atoms. The Hall–Kier alpha value is -3.41. The van der Waals surface area contributed by atoms with Crippen molar-refractivity contribution < 1.29 is 39.1 Å². The predicted molar refractivity (Wildman–Crippen MR) is 128 cm³/mol. The van der Waals surface area contributed by atoms with Gasteiger partial charge in [-0.2, -0.15) is 18.4 Å². The van der Waals surface area contributed by atoms with Crippen LogP contribution >= 0.6 is 0 Å². The first-order chi connectivity index (χ1) is 17.7. The quantitative estimate of drug-likeness (QED) is 0.423. The lowest BCUT2D eigenvalue weighted by atomic mass is 9.95.